The number of phenols is 4. The Hall–Kier alpha value is -3.75. The number of aliphatic hydroxyl groups is 8. The van der Waals surface area contributed by atoms with Crippen molar-refractivity contribution in [3.05, 3.63) is 53.6 Å². The average Bonchev–Trinajstić information content (AvgIpc) is 3.20. The third-order valence-electron chi connectivity index (χ3n) is 10.0. The molecule has 3 heterocycles. The molecule has 5 rings (SSSR count). The minimum Gasteiger partial charge on any atom is -0.504 e. The van der Waals surface area contributed by atoms with Crippen molar-refractivity contribution in [3.8, 4) is 23.0 Å². The van der Waals surface area contributed by atoms with Crippen molar-refractivity contribution in [2.24, 2.45) is 0 Å². The highest BCUT2D eigenvalue weighted by Crippen LogP contribution is 2.33. The monoisotopic (exact) mass is 830 g/mol. The van der Waals surface area contributed by atoms with Gasteiger partial charge in [-0.3, -0.25) is 0 Å². The van der Waals surface area contributed by atoms with E-state index in [0.717, 1.165) is 12.1 Å². The molecule has 3 saturated heterocycles. The first kappa shape index (κ1) is 45.3. The molecule has 3 fully saturated rings. The molecule has 0 spiro atoms. The maximum atomic E-state index is 13.4. The largest absolute Gasteiger partial charge is 0.504 e. The zero-order chi connectivity index (χ0) is 42.4. The topological polar surface area (TPSA) is 334 Å². The van der Waals surface area contributed by atoms with Crippen LogP contribution in [0.5, 0.6) is 23.0 Å². The molecule has 324 valence electrons. The number of hydrogen-bond acceptors (Lipinski definition) is 21. The minimum atomic E-state index is -1.85. The highest BCUT2D eigenvalue weighted by molar-refractivity contribution is 5.87. The second-order valence-electron chi connectivity index (χ2n) is 14.0. The molecule has 0 aliphatic carbocycles. The zero-order valence-electron chi connectivity index (χ0n) is 31.2. The van der Waals surface area contributed by atoms with Gasteiger partial charge in [-0.15, -0.1) is 0 Å². The number of rotatable bonds is 15. The summed E-state index contributed by atoms with van der Waals surface area (Å²) in [5, 5.41) is 123. The Morgan fingerprint density at radius 1 is 0.672 bits per heavy atom. The number of aliphatic hydroxyl groups excluding tert-OH is 8. The van der Waals surface area contributed by atoms with Crippen molar-refractivity contribution < 1.29 is 104 Å². The highest BCUT2D eigenvalue weighted by atomic mass is 16.7. The van der Waals surface area contributed by atoms with Crippen LogP contribution in [0.1, 0.15) is 24.2 Å². The smallest absolute Gasteiger partial charge is 0.331 e. The van der Waals surface area contributed by atoms with Gasteiger partial charge in [0.15, 0.2) is 41.7 Å². The van der Waals surface area contributed by atoms with Gasteiger partial charge in [-0.2, -0.15) is 0 Å². The molecule has 3 aliphatic rings. The quantitative estimate of drug-likeness (QED) is 0.0483. The first-order chi connectivity index (χ1) is 27.5. The number of carbonyl (C=O) groups excluding carboxylic acids is 1. The molecule has 0 amide bonds. The second kappa shape index (κ2) is 20.0. The Kier molecular flexibility index (Phi) is 15.6. The molecule has 3 aliphatic heterocycles. The van der Waals surface area contributed by atoms with Crippen LogP contribution >= 0.6 is 0 Å². The maximum Gasteiger partial charge on any atom is 0.331 e. The summed E-state index contributed by atoms with van der Waals surface area (Å²) in [7, 11) is 1.32. The predicted molar refractivity (Wildman–Crippen MR) is 191 cm³/mol. The van der Waals surface area contributed by atoms with Crippen LogP contribution in [0, 0.1) is 0 Å². The summed E-state index contributed by atoms with van der Waals surface area (Å²) in [6.45, 7) is -0.945. The van der Waals surface area contributed by atoms with Gasteiger partial charge >= 0.3 is 5.97 Å². The van der Waals surface area contributed by atoms with Gasteiger partial charge in [0.2, 0.25) is 0 Å². The Balaban J connectivity index is 1.44. The van der Waals surface area contributed by atoms with E-state index < -0.39 is 147 Å². The number of esters is 1. The summed E-state index contributed by atoms with van der Waals surface area (Å²) in [4.78, 5) is 13.4. The van der Waals surface area contributed by atoms with E-state index >= 15 is 0 Å². The Bertz CT molecular complexity index is 1680. The summed E-state index contributed by atoms with van der Waals surface area (Å²) < 4.78 is 46.1. The van der Waals surface area contributed by atoms with E-state index in [2.05, 4.69) is 0 Å². The van der Waals surface area contributed by atoms with E-state index in [1.54, 1.807) is 0 Å². The molecule has 0 bridgehead atoms. The van der Waals surface area contributed by atoms with Crippen LogP contribution in [0.4, 0.5) is 0 Å². The standard InChI is InChI=1S/C37H50O21/c1-15-27(44)30(47)29(46)24(55-15)13-52-35-33(50)37(53-12-23(51-2)17-5-7-19(40)21(42)10-17)57-25(14-54-36-32(49)31(48)28(45)22(11-38)56-36)34(35)58-26(43)8-4-16-3-6-18(39)20(41)9-16/h3-10,15,22-25,27-42,44-50H,11-14H2,1-2H3/b8-4+/t15-,22+,23?,24-,25+,27-,28+,29-,30+,31-,32+,33+,34+,35+,36+,37+/m0/s1. The summed E-state index contributed by atoms with van der Waals surface area (Å²) in [5.41, 5.74) is 0.612. The first-order valence-corrected chi connectivity index (χ1v) is 18.2. The van der Waals surface area contributed by atoms with Crippen molar-refractivity contribution in [2.75, 3.05) is 33.5 Å². The van der Waals surface area contributed by atoms with Crippen LogP contribution in [0.2, 0.25) is 0 Å². The molecular formula is C37H50O21. The van der Waals surface area contributed by atoms with Gasteiger partial charge < -0.3 is 99.2 Å². The van der Waals surface area contributed by atoms with Crippen molar-refractivity contribution in [1.29, 1.82) is 0 Å². The number of phenolic OH excluding ortho intramolecular Hbond substituents is 4. The number of carbonyl (C=O) groups is 1. The van der Waals surface area contributed by atoms with Crippen molar-refractivity contribution in [1.82, 2.24) is 0 Å². The molecule has 16 atom stereocenters. The van der Waals surface area contributed by atoms with E-state index in [4.69, 9.17) is 37.9 Å². The van der Waals surface area contributed by atoms with Gasteiger partial charge in [0.25, 0.3) is 0 Å². The fourth-order valence-corrected chi connectivity index (χ4v) is 6.58. The lowest BCUT2D eigenvalue weighted by molar-refractivity contribution is -0.338. The highest BCUT2D eigenvalue weighted by Gasteiger charge is 2.52. The van der Waals surface area contributed by atoms with Gasteiger partial charge in [0.05, 0.1) is 32.5 Å². The van der Waals surface area contributed by atoms with Gasteiger partial charge in [0, 0.05) is 13.2 Å². The number of methoxy groups -OCH3 is 1. The predicted octanol–water partition coefficient (Wildman–Crippen LogP) is -3.00. The zero-order valence-corrected chi connectivity index (χ0v) is 31.2. The summed E-state index contributed by atoms with van der Waals surface area (Å²) >= 11 is 0. The van der Waals surface area contributed by atoms with Crippen LogP contribution in [0.15, 0.2) is 42.5 Å². The fourth-order valence-electron chi connectivity index (χ4n) is 6.58. The summed E-state index contributed by atoms with van der Waals surface area (Å²) in [5.74, 6) is -2.79. The number of aromatic hydroxyl groups is 4. The number of ether oxygens (including phenoxy) is 8. The average molecular weight is 831 g/mol. The van der Waals surface area contributed by atoms with Gasteiger partial charge in [0.1, 0.15) is 73.2 Å². The molecule has 2 aromatic carbocycles. The third-order valence-corrected chi connectivity index (χ3v) is 10.0. The number of hydrogen-bond donors (Lipinski definition) is 12. The molecule has 58 heavy (non-hydrogen) atoms. The molecule has 0 aromatic heterocycles. The van der Waals surface area contributed by atoms with Crippen LogP contribution in [0.25, 0.3) is 6.08 Å². The molecule has 21 heteroatoms. The Morgan fingerprint density at radius 3 is 1.93 bits per heavy atom. The Morgan fingerprint density at radius 2 is 1.28 bits per heavy atom. The lowest BCUT2D eigenvalue weighted by atomic mass is 9.95. The minimum absolute atomic E-state index is 0.267. The number of benzene rings is 2. The van der Waals surface area contributed by atoms with E-state index in [1.165, 1.54) is 50.4 Å². The molecule has 21 nitrogen and oxygen atoms in total. The molecule has 1 unspecified atom stereocenters. The van der Waals surface area contributed by atoms with Crippen LogP contribution < -0.4 is 0 Å². The van der Waals surface area contributed by atoms with Crippen LogP contribution in [-0.4, -0.2) is 193 Å². The van der Waals surface area contributed by atoms with E-state index in [-0.39, 0.29) is 12.2 Å². The van der Waals surface area contributed by atoms with Gasteiger partial charge in [-0.05, 0) is 48.4 Å². The van der Waals surface area contributed by atoms with E-state index in [1.807, 2.05) is 0 Å². The normalized spacial score (nSPS) is 36.1. The molecule has 12 N–H and O–H groups in total. The second-order valence-corrected chi connectivity index (χ2v) is 14.0. The van der Waals surface area contributed by atoms with Crippen molar-refractivity contribution in [2.45, 2.75) is 105 Å². The molecule has 2 aromatic rings. The molecular weight excluding hydrogens is 780 g/mol. The summed E-state index contributed by atoms with van der Waals surface area (Å²) in [6.07, 6.45) is -22.5. The SMILES string of the molecule is COC(CO[C@@H]1O[C@H](CO[C@@H]2O[C@H](CO)[C@@H](O)[C@H](O)[C@H]2O)[C@@H](OC(=O)/C=C/c2ccc(O)c(O)c2)[C@H](OC[C@@H]2O[C@@H](C)[C@H](O)[C@@H](O)[C@H]2O)[C@H]1O)c1ccc(O)c(O)c1. The lowest BCUT2D eigenvalue weighted by Gasteiger charge is -2.46. The fraction of sp³-hybridized carbons (Fsp3) is 0.595. The Labute approximate surface area is 331 Å². The van der Waals surface area contributed by atoms with E-state index in [9.17, 15) is 66.1 Å². The molecule has 0 radical (unpaired) electrons. The van der Waals surface area contributed by atoms with Crippen LogP contribution in [0.3, 0.4) is 0 Å². The van der Waals surface area contributed by atoms with Crippen LogP contribution in [-0.2, 0) is 42.7 Å². The van der Waals surface area contributed by atoms with E-state index in [0.29, 0.717) is 5.56 Å². The summed E-state index contributed by atoms with van der Waals surface area (Å²) in [6, 6.07) is 7.60. The van der Waals surface area contributed by atoms with Crippen molar-refractivity contribution >= 4 is 12.0 Å². The van der Waals surface area contributed by atoms with Gasteiger partial charge in [-0.25, -0.2) is 4.79 Å². The third kappa shape index (κ3) is 10.5. The molecule has 0 saturated carbocycles. The van der Waals surface area contributed by atoms with Crippen molar-refractivity contribution in [3.63, 3.8) is 0 Å². The first-order valence-electron chi connectivity index (χ1n) is 18.2. The lowest BCUT2D eigenvalue weighted by Crippen LogP contribution is -2.64. The maximum absolute atomic E-state index is 13.4. The van der Waals surface area contributed by atoms with Gasteiger partial charge in [-0.1, -0.05) is 12.1 Å².